The van der Waals surface area contributed by atoms with Crippen molar-refractivity contribution in [2.75, 3.05) is 7.05 Å². The second-order valence-electron chi connectivity index (χ2n) is 3.33. The fraction of sp³-hybridized carbons (Fsp3) is 0.500. The molecule has 0 aromatic rings. The number of aliphatic imine (C=N–C) groups is 1. The van der Waals surface area contributed by atoms with Crippen LogP contribution in [0.15, 0.2) is 28.8 Å². The third-order valence-corrected chi connectivity index (χ3v) is 2.58. The lowest BCUT2D eigenvalue weighted by molar-refractivity contribution is 0.477. The van der Waals surface area contributed by atoms with E-state index in [1.807, 2.05) is 19.3 Å². The Labute approximate surface area is 73.1 Å². The molecule has 0 saturated carbocycles. The van der Waals surface area contributed by atoms with Gasteiger partial charge in [0, 0.05) is 12.3 Å². The van der Waals surface area contributed by atoms with E-state index in [2.05, 4.69) is 22.5 Å². The van der Waals surface area contributed by atoms with Gasteiger partial charge in [-0.25, -0.2) is 0 Å². The molecule has 2 rings (SSSR count). The zero-order valence-electron chi connectivity index (χ0n) is 7.33. The van der Waals surface area contributed by atoms with E-state index in [4.69, 9.17) is 0 Å². The molecule has 0 fully saturated rings. The highest BCUT2D eigenvalue weighted by molar-refractivity contribution is 5.74. The molecule has 64 valence electrons. The summed E-state index contributed by atoms with van der Waals surface area (Å²) in [5.74, 6) is 0. The standard InChI is InChI=1S/C10H14N2/c1-11-9-5-4-8-3-2-6-12-10(8)7-9/h2-4,6,9-11H,5,7H2,1H3. The van der Waals surface area contributed by atoms with Gasteiger partial charge in [-0.3, -0.25) is 4.99 Å². The van der Waals surface area contributed by atoms with Crippen LogP contribution in [-0.4, -0.2) is 25.3 Å². The van der Waals surface area contributed by atoms with E-state index in [9.17, 15) is 0 Å². The van der Waals surface area contributed by atoms with Gasteiger partial charge in [-0.05, 0) is 31.5 Å². The van der Waals surface area contributed by atoms with Crippen molar-refractivity contribution in [2.45, 2.75) is 24.9 Å². The first-order valence-corrected chi connectivity index (χ1v) is 4.47. The zero-order chi connectivity index (χ0) is 8.39. The first kappa shape index (κ1) is 7.74. The molecule has 2 atom stereocenters. The molecule has 0 bridgehead atoms. The minimum Gasteiger partial charge on any atom is -0.317 e. The fourth-order valence-corrected chi connectivity index (χ4v) is 1.79. The van der Waals surface area contributed by atoms with E-state index in [0.29, 0.717) is 12.1 Å². The molecule has 0 spiro atoms. The summed E-state index contributed by atoms with van der Waals surface area (Å²) in [6.45, 7) is 0. The summed E-state index contributed by atoms with van der Waals surface area (Å²) >= 11 is 0. The summed E-state index contributed by atoms with van der Waals surface area (Å²) in [7, 11) is 2.02. The molecule has 2 nitrogen and oxygen atoms in total. The van der Waals surface area contributed by atoms with Crippen LogP contribution in [0.4, 0.5) is 0 Å². The number of hydrogen-bond acceptors (Lipinski definition) is 2. The maximum absolute atomic E-state index is 4.43. The predicted molar refractivity (Wildman–Crippen MR) is 51.6 cm³/mol. The number of fused-ring (bicyclic) bond motifs is 1. The van der Waals surface area contributed by atoms with Gasteiger partial charge in [-0.1, -0.05) is 12.2 Å². The smallest absolute Gasteiger partial charge is 0.0760 e. The van der Waals surface area contributed by atoms with Crippen molar-refractivity contribution in [1.29, 1.82) is 0 Å². The van der Waals surface area contributed by atoms with E-state index < -0.39 is 0 Å². The average molecular weight is 162 g/mol. The van der Waals surface area contributed by atoms with Gasteiger partial charge in [0.2, 0.25) is 0 Å². The van der Waals surface area contributed by atoms with Crippen LogP contribution in [-0.2, 0) is 0 Å². The van der Waals surface area contributed by atoms with Crippen LogP contribution < -0.4 is 5.32 Å². The van der Waals surface area contributed by atoms with Crippen LogP contribution in [0.25, 0.3) is 0 Å². The molecule has 2 aliphatic rings. The Hall–Kier alpha value is -0.890. The van der Waals surface area contributed by atoms with Crippen LogP contribution in [0.2, 0.25) is 0 Å². The van der Waals surface area contributed by atoms with E-state index >= 15 is 0 Å². The number of dihydropyridines is 1. The lowest BCUT2D eigenvalue weighted by atomic mass is 9.89. The lowest BCUT2D eigenvalue weighted by Gasteiger charge is -2.26. The first-order chi connectivity index (χ1) is 5.90. The molecule has 2 heteroatoms. The highest BCUT2D eigenvalue weighted by Crippen LogP contribution is 2.24. The Morgan fingerprint density at radius 3 is 3.33 bits per heavy atom. The molecule has 0 aromatic heterocycles. The second-order valence-corrected chi connectivity index (χ2v) is 3.33. The Balaban J connectivity index is 2.15. The van der Waals surface area contributed by atoms with E-state index in [1.165, 1.54) is 5.57 Å². The van der Waals surface area contributed by atoms with Crippen molar-refractivity contribution >= 4 is 6.21 Å². The van der Waals surface area contributed by atoms with Crippen LogP contribution >= 0.6 is 0 Å². The van der Waals surface area contributed by atoms with Crippen molar-refractivity contribution < 1.29 is 0 Å². The van der Waals surface area contributed by atoms with E-state index in [0.717, 1.165) is 12.8 Å². The molecule has 1 N–H and O–H groups in total. The van der Waals surface area contributed by atoms with Crippen LogP contribution in [0, 0.1) is 0 Å². The minimum absolute atomic E-state index is 0.418. The molecule has 1 aliphatic heterocycles. The summed E-state index contributed by atoms with van der Waals surface area (Å²) in [5.41, 5.74) is 1.39. The molecule has 0 amide bonds. The van der Waals surface area contributed by atoms with E-state index in [-0.39, 0.29) is 0 Å². The predicted octanol–water partition coefficient (Wildman–Crippen LogP) is 1.30. The normalized spacial score (nSPS) is 32.9. The highest BCUT2D eigenvalue weighted by Gasteiger charge is 2.21. The summed E-state index contributed by atoms with van der Waals surface area (Å²) in [5, 5.41) is 3.29. The number of nitrogens with one attached hydrogen (secondary N) is 1. The molecule has 0 radical (unpaired) electrons. The SMILES string of the molecule is CNC1CC=C2C=CC=NC2C1. The summed E-state index contributed by atoms with van der Waals surface area (Å²) < 4.78 is 0. The number of allylic oxidation sites excluding steroid dienone is 1. The summed E-state index contributed by atoms with van der Waals surface area (Å²) in [6.07, 6.45) is 10.7. The molecular formula is C10H14N2. The summed E-state index contributed by atoms with van der Waals surface area (Å²) in [4.78, 5) is 4.43. The maximum Gasteiger partial charge on any atom is 0.0760 e. The van der Waals surface area contributed by atoms with Crippen molar-refractivity contribution in [2.24, 2.45) is 4.99 Å². The van der Waals surface area contributed by atoms with Gasteiger partial charge in [0.1, 0.15) is 0 Å². The van der Waals surface area contributed by atoms with Gasteiger partial charge < -0.3 is 5.32 Å². The Morgan fingerprint density at radius 2 is 2.50 bits per heavy atom. The lowest BCUT2D eigenvalue weighted by Crippen LogP contribution is -2.32. The molecule has 0 aromatic carbocycles. The third kappa shape index (κ3) is 1.34. The van der Waals surface area contributed by atoms with Gasteiger partial charge in [0.15, 0.2) is 0 Å². The van der Waals surface area contributed by atoms with Crippen molar-refractivity contribution in [3.63, 3.8) is 0 Å². The summed E-state index contributed by atoms with van der Waals surface area (Å²) in [6, 6.07) is 1.03. The van der Waals surface area contributed by atoms with E-state index in [1.54, 1.807) is 0 Å². The first-order valence-electron chi connectivity index (χ1n) is 4.47. The average Bonchev–Trinajstić information content (AvgIpc) is 2.17. The highest BCUT2D eigenvalue weighted by atomic mass is 14.9. The Kier molecular flexibility index (Phi) is 2.09. The molecular weight excluding hydrogens is 148 g/mol. The quantitative estimate of drug-likeness (QED) is 0.617. The van der Waals surface area contributed by atoms with Gasteiger partial charge in [0.25, 0.3) is 0 Å². The number of hydrogen-bond donors (Lipinski definition) is 1. The molecule has 1 heterocycles. The Morgan fingerprint density at radius 1 is 1.58 bits per heavy atom. The fourth-order valence-electron chi connectivity index (χ4n) is 1.79. The Bertz CT molecular complexity index is 251. The van der Waals surface area contributed by atoms with Gasteiger partial charge in [-0.2, -0.15) is 0 Å². The largest absolute Gasteiger partial charge is 0.317 e. The molecule has 0 saturated heterocycles. The van der Waals surface area contributed by atoms with Crippen molar-refractivity contribution in [3.05, 3.63) is 23.8 Å². The van der Waals surface area contributed by atoms with Gasteiger partial charge >= 0.3 is 0 Å². The van der Waals surface area contributed by atoms with Crippen molar-refractivity contribution in [3.8, 4) is 0 Å². The molecule has 2 unspecified atom stereocenters. The van der Waals surface area contributed by atoms with Crippen LogP contribution in [0.5, 0.6) is 0 Å². The minimum atomic E-state index is 0.418. The number of nitrogens with zero attached hydrogens (tertiary/aromatic N) is 1. The third-order valence-electron chi connectivity index (χ3n) is 2.58. The maximum atomic E-state index is 4.43. The van der Waals surface area contributed by atoms with Crippen LogP contribution in [0.1, 0.15) is 12.8 Å². The van der Waals surface area contributed by atoms with Crippen LogP contribution in [0.3, 0.4) is 0 Å². The second kappa shape index (κ2) is 3.23. The molecule has 1 aliphatic carbocycles. The van der Waals surface area contributed by atoms with Gasteiger partial charge in [-0.15, -0.1) is 0 Å². The van der Waals surface area contributed by atoms with Crippen molar-refractivity contribution in [1.82, 2.24) is 5.32 Å². The topological polar surface area (TPSA) is 24.4 Å². The zero-order valence-corrected chi connectivity index (χ0v) is 7.33. The monoisotopic (exact) mass is 162 g/mol. The number of rotatable bonds is 1. The van der Waals surface area contributed by atoms with Gasteiger partial charge in [0.05, 0.1) is 6.04 Å². The molecule has 12 heavy (non-hydrogen) atoms.